The van der Waals surface area contributed by atoms with Crippen LogP contribution >= 0.6 is 11.3 Å². The van der Waals surface area contributed by atoms with Crippen molar-refractivity contribution in [1.82, 2.24) is 0 Å². The summed E-state index contributed by atoms with van der Waals surface area (Å²) in [4.78, 5) is 12.3. The van der Waals surface area contributed by atoms with Crippen molar-refractivity contribution in [1.29, 1.82) is 0 Å². The van der Waals surface area contributed by atoms with Crippen LogP contribution in [0, 0.1) is 0 Å². The Balaban J connectivity index is 1.78. The molecule has 0 fully saturated rings. The maximum absolute atomic E-state index is 12.3. The molecule has 0 saturated carbocycles. The normalized spacial score (nSPS) is 12.2. The maximum Gasteiger partial charge on any atom is 0.231 e. The van der Waals surface area contributed by atoms with E-state index in [1.165, 1.54) is 4.70 Å². The SMILES string of the molecule is CC(C(=O)Nc1ccc2sccc2c1)c1cccc(N)c1. The van der Waals surface area contributed by atoms with Crippen molar-refractivity contribution in [3.05, 3.63) is 59.5 Å². The molecule has 0 aliphatic carbocycles. The first-order valence-electron chi connectivity index (χ1n) is 6.77. The lowest BCUT2D eigenvalue weighted by Crippen LogP contribution is -2.18. The highest BCUT2D eigenvalue weighted by Gasteiger charge is 2.15. The van der Waals surface area contributed by atoms with Crippen molar-refractivity contribution in [2.24, 2.45) is 0 Å². The first kappa shape index (κ1) is 13.6. The molecule has 1 aromatic heterocycles. The number of carbonyl (C=O) groups excluding carboxylic acids is 1. The average molecular weight is 296 g/mol. The summed E-state index contributed by atoms with van der Waals surface area (Å²) in [6, 6.07) is 15.5. The van der Waals surface area contributed by atoms with E-state index in [2.05, 4.69) is 11.4 Å². The van der Waals surface area contributed by atoms with Gasteiger partial charge >= 0.3 is 0 Å². The second kappa shape index (κ2) is 5.58. The van der Waals surface area contributed by atoms with E-state index in [0.717, 1.165) is 16.6 Å². The van der Waals surface area contributed by atoms with Crippen LogP contribution in [0.3, 0.4) is 0 Å². The first-order valence-corrected chi connectivity index (χ1v) is 7.65. The summed E-state index contributed by atoms with van der Waals surface area (Å²) in [7, 11) is 0. The summed E-state index contributed by atoms with van der Waals surface area (Å²) in [5.41, 5.74) is 8.18. The minimum Gasteiger partial charge on any atom is -0.399 e. The lowest BCUT2D eigenvalue weighted by molar-refractivity contribution is -0.117. The van der Waals surface area contributed by atoms with Gasteiger partial charge in [-0.15, -0.1) is 11.3 Å². The molecular formula is C17H16N2OS. The fraction of sp³-hybridized carbons (Fsp3) is 0.118. The minimum absolute atomic E-state index is 0.0322. The van der Waals surface area contributed by atoms with E-state index in [-0.39, 0.29) is 11.8 Å². The molecule has 0 saturated heterocycles. The number of anilines is 2. The van der Waals surface area contributed by atoms with Crippen LogP contribution in [-0.4, -0.2) is 5.91 Å². The Bertz CT molecular complexity index is 794. The second-order valence-corrected chi connectivity index (χ2v) is 6.00. The number of nitrogen functional groups attached to an aromatic ring is 1. The van der Waals surface area contributed by atoms with Crippen molar-refractivity contribution >= 4 is 38.7 Å². The molecule has 3 rings (SSSR count). The molecule has 3 nitrogen and oxygen atoms in total. The minimum atomic E-state index is -0.244. The van der Waals surface area contributed by atoms with Gasteiger partial charge in [0, 0.05) is 16.1 Å². The molecule has 1 heterocycles. The number of nitrogens with one attached hydrogen (secondary N) is 1. The standard InChI is InChI=1S/C17H16N2OS/c1-11(12-3-2-4-14(18)9-12)17(20)19-15-5-6-16-13(10-15)7-8-21-16/h2-11H,18H2,1H3,(H,19,20). The number of carbonyl (C=O) groups is 1. The molecule has 3 N–H and O–H groups in total. The Morgan fingerprint density at radius 1 is 1.19 bits per heavy atom. The summed E-state index contributed by atoms with van der Waals surface area (Å²) in [6.45, 7) is 1.88. The van der Waals surface area contributed by atoms with Gasteiger partial charge in [-0.05, 0) is 59.7 Å². The number of hydrogen-bond acceptors (Lipinski definition) is 3. The predicted molar refractivity (Wildman–Crippen MR) is 89.7 cm³/mol. The van der Waals surface area contributed by atoms with Gasteiger partial charge in [0.05, 0.1) is 5.92 Å². The van der Waals surface area contributed by atoms with Crippen LogP contribution in [0.1, 0.15) is 18.4 Å². The molecule has 2 aromatic carbocycles. The third kappa shape index (κ3) is 2.90. The van der Waals surface area contributed by atoms with E-state index < -0.39 is 0 Å². The molecule has 3 aromatic rings. The Morgan fingerprint density at radius 2 is 2.05 bits per heavy atom. The van der Waals surface area contributed by atoms with E-state index >= 15 is 0 Å². The van der Waals surface area contributed by atoms with Gasteiger partial charge in [0.1, 0.15) is 0 Å². The van der Waals surface area contributed by atoms with Gasteiger partial charge in [-0.25, -0.2) is 0 Å². The maximum atomic E-state index is 12.3. The van der Waals surface area contributed by atoms with Gasteiger partial charge in [0.25, 0.3) is 0 Å². The van der Waals surface area contributed by atoms with E-state index in [0.29, 0.717) is 5.69 Å². The van der Waals surface area contributed by atoms with E-state index in [1.807, 2.05) is 54.8 Å². The van der Waals surface area contributed by atoms with Crippen molar-refractivity contribution in [3.63, 3.8) is 0 Å². The number of amides is 1. The van der Waals surface area contributed by atoms with Gasteiger partial charge in [0.2, 0.25) is 5.91 Å². The molecule has 1 unspecified atom stereocenters. The van der Waals surface area contributed by atoms with Crippen molar-refractivity contribution in [3.8, 4) is 0 Å². The molecule has 1 atom stereocenters. The zero-order valence-corrected chi connectivity index (χ0v) is 12.5. The van der Waals surface area contributed by atoms with Gasteiger partial charge < -0.3 is 11.1 Å². The number of nitrogens with two attached hydrogens (primary N) is 1. The number of hydrogen-bond donors (Lipinski definition) is 2. The Hall–Kier alpha value is -2.33. The Labute approximate surface area is 127 Å². The topological polar surface area (TPSA) is 55.1 Å². The van der Waals surface area contributed by atoms with Crippen LogP contribution in [0.2, 0.25) is 0 Å². The number of fused-ring (bicyclic) bond motifs is 1. The molecule has 1 amide bonds. The highest BCUT2D eigenvalue weighted by atomic mass is 32.1. The van der Waals surface area contributed by atoms with Gasteiger partial charge in [-0.2, -0.15) is 0 Å². The fourth-order valence-electron chi connectivity index (χ4n) is 2.27. The van der Waals surface area contributed by atoms with Gasteiger partial charge in [-0.1, -0.05) is 12.1 Å². The van der Waals surface area contributed by atoms with E-state index in [4.69, 9.17) is 5.73 Å². The Kier molecular flexibility index (Phi) is 3.62. The van der Waals surface area contributed by atoms with Crippen LogP contribution < -0.4 is 11.1 Å². The molecule has 106 valence electrons. The van der Waals surface area contributed by atoms with Crippen LogP contribution in [-0.2, 0) is 4.79 Å². The molecule has 0 spiro atoms. The van der Waals surface area contributed by atoms with Crippen molar-refractivity contribution in [2.75, 3.05) is 11.1 Å². The number of benzene rings is 2. The van der Waals surface area contributed by atoms with Crippen LogP contribution in [0.15, 0.2) is 53.9 Å². The van der Waals surface area contributed by atoms with Gasteiger partial charge in [0.15, 0.2) is 0 Å². The number of rotatable bonds is 3. The Morgan fingerprint density at radius 3 is 2.86 bits per heavy atom. The van der Waals surface area contributed by atoms with Crippen molar-refractivity contribution < 1.29 is 4.79 Å². The summed E-state index contributed by atoms with van der Waals surface area (Å²) < 4.78 is 1.22. The van der Waals surface area contributed by atoms with Crippen LogP contribution in [0.25, 0.3) is 10.1 Å². The van der Waals surface area contributed by atoms with Crippen LogP contribution in [0.4, 0.5) is 11.4 Å². The highest BCUT2D eigenvalue weighted by Crippen LogP contribution is 2.25. The summed E-state index contributed by atoms with van der Waals surface area (Å²) in [5.74, 6) is -0.276. The summed E-state index contributed by atoms with van der Waals surface area (Å²) in [5, 5.41) is 6.16. The molecule has 21 heavy (non-hydrogen) atoms. The largest absolute Gasteiger partial charge is 0.399 e. The third-order valence-corrected chi connectivity index (χ3v) is 4.42. The smallest absolute Gasteiger partial charge is 0.231 e. The monoisotopic (exact) mass is 296 g/mol. The van der Waals surface area contributed by atoms with Gasteiger partial charge in [-0.3, -0.25) is 4.79 Å². The lowest BCUT2D eigenvalue weighted by Gasteiger charge is -2.13. The molecule has 4 heteroatoms. The second-order valence-electron chi connectivity index (χ2n) is 5.05. The highest BCUT2D eigenvalue weighted by molar-refractivity contribution is 7.17. The van der Waals surface area contributed by atoms with E-state index in [9.17, 15) is 4.79 Å². The zero-order valence-electron chi connectivity index (χ0n) is 11.7. The zero-order chi connectivity index (χ0) is 14.8. The summed E-state index contributed by atoms with van der Waals surface area (Å²) in [6.07, 6.45) is 0. The molecular weight excluding hydrogens is 280 g/mol. The quantitative estimate of drug-likeness (QED) is 0.711. The molecule has 0 aliphatic rings. The predicted octanol–water partition coefficient (Wildman–Crippen LogP) is 4.23. The average Bonchev–Trinajstić information content (AvgIpc) is 2.94. The lowest BCUT2D eigenvalue weighted by atomic mass is 10.00. The number of thiophene rings is 1. The first-order chi connectivity index (χ1) is 10.1. The third-order valence-electron chi connectivity index (χ3n) is 3.52. The van der Waals surface area contributed by atoms with Crippen molar-refractivity contribution in [2.45, 2.75) is 12.8 Å². The van der Waals surface area contributed by atoms with Crippen LogP contribution in [0.5, 0.6) is 0 Å². The van der Waals surface area contributed by atoms with E-state index in [1.54, 1.807) is 11.3 Å². The summed E-state index contributed by atoms with van der Waals surface area (Å²) >= 11 is 1.69. The fourth-order valence-corrected chi connectivity index (χ4v) is 3.05. The molecule has 0 aliphatic heterocycles. The molecule has 0 radical (unpaired) electrons. The molecule has 0 bridgehead atoms.